The van der Waals surface area contributed by atoms with Crippen molar-refractivity contribution in [1.82, 2.24) is 0 Å². The molecule has 1 aromatic rings. The summed E-state index contributed by atoms with van der Waals surface area (Å²) in [5, 5.41) is 18.5. The van der Waals surface area contributed by atoms with Gasteiger partial charge in [-0.05, 0) is 17.9 Å². The van der Waals surface area contributed by atoms with Gasteiger partial charge in [0.15, 0.2) is 0 Å². The van der Waals surface area contributed by atoms with E-state index in [2.05, 4.69) is 0 Å². The fourth-order valence-corrected chi connectivity index (χ4v) is 2.12. The lowest BCUT2D eigenvalue weighted by Gasteiger charge is -2.14. The number of phenols is 1. The van der Waals surface area contributed by atoms with Gasteiger partial charge in [-0.15, -0.1) is 11.8 Å². The minimum Gasteiger partial charge on any atom is -0.507 e. The Hall–Kier alpha value is -1.20. The van der Waals surface area contributed by atoms with Crippen molar-refractivity contribution in [3.8, 4) is 5.75 Å². The summed E-state index contributed by atoms with van der Waals surface area (Å²) in [5.74, 6) is -1.64. The van der Waals surface area contributed by atoms with Crippen LogP contribution in [-0.4, -0.2) is 29.0 Å². The molecular weight excluding hydrogens is 214 g/mol. The molecule has 0 amide bonds. The van der Waals surface area contributed by atoms with Crippen molar-refractivity contribution in [2.75, 3.05) is 12.8 Å². The van der Waals surface area contributed by atoms with Crippen LogP contribution in [0, 0.1) is 0 Å². The predicted molar refractivity (Wildman–Crippen MR) is 59.3 cm³/mol. The first-order valence-corrected chi connectivity index (χ1v) is 5.63. The van der Waals surface area contributed by atoms with Gasteiger partial charge in [-0.25, -0.2) is 0 Å². The van der Waals surface area contributed by atoms with Gasteiger partial charge in [0, 0.05) is 6.54 Å². The number of benzene rings is 1. The highest BCUT2D eigenvalue weighted by molar-refractivity contribution is 7.98. The van der Waals surface area contributed by atoms with E-state index in [1.165, 1.54) is 17.8 Å². The normalized spacial score (nSPS) is 12.4. The van der Waals surface area contributed by atoms with Crippen LogP contribution >= 0.6 is 11.8 Å². The molecule has 0 aromatic heterocycles. The number of rotatable bonds is 4. The molecule has 0 bridgehead atoms. The van der Waals surface area contributed by atoms with E-state index in [-0.39, 0.29) is 12.3 Å². The van der Waals surface area contributed by atoms with Crippen molar-refractivity contribution < 1.29 is 15.0 Å². The maximum absolute atomic E-state index is 10.9. The number of nitrogens with two attached hydrogens (primary N) is 1. The zero-order chi connectivity index (χ0) is 11.4. The van der Waals surface area contributed by atoms with Crippen LogP contribution in [0.5, 0.6) is 5.75 Å². The molecule has 0 aliphatic heterocycles. The highest BCUT2D eigenvalue weighted by atomic mass is 32.2. The molecule has 0 saturated heterocycles. The second-order valence-corrected chi connectivity index (χ2v) is 3.84. The quantitative estimate of drug-likeness (QED) is 0.674. The molecule has 5 heteroatoms. The zero-order valence-corrected chi connectivity index (χ0v) is 9.12. The number of hydrogen-bond donors (Lipinski definition) is 3. The van der Waals surface area contributed by atoms with Crippen molar-refractivity contribution in [3.05, 3.63) is 23.8 Å². The fourth-order valence-electron chi connectivity index (χ4n) is 1.40. The molecule has 4 N–H and O–H groups in total. The standard InChI is InChI=1S/C10H13NO3S/c1-15-9-6(3-2-4-8(9)12)7(5-11)10(13)14/h2-4,7,12H,5,11H2,1H3,(H,13,14). The van der Waals surface area contributed by atoms with Gasteiger partial charge in [-0.3, -0.25) is 4.79 Å². The van der Waals surface area contributed by atoms with Gasteiger partial charge in [-0.1, -0.05) is 12.1 Å². The number of thioether (sulfide) groups is 1. The largest absolute Gasteiger partial charge is 0.507 e. The van der Waals surface area contributed by atoms with Crippen molar-refractivity contribution in [2.45, 2.75) is 10.8 Å². The summed E-state index contributed by atoms with van der Waals surface area (Å²) in [5.41, 5.74) is 5.97. The lowest BCUT2D eigenvalue weighted by molar-refractivity contribution is -0.138. The van der Waals surface area contributed by atoms with E-state index in [1.807, 2.05) is 0 Å². The number of aromatic hydroxyl groups is 1. The number of aliphatic carboxylic acids is 1. The Morgan fingerprint density at radius 3 is 2.73 bits per heavy atom. The van der Waals surface area contributed by atoms with Crippen molar-refractivity contribution in [2.24, 2.45) is 5.73 Å². The first kappa shape index (κ1) is 11.9. The van der Waals surface area contributed by atoms with E-state index in [0.29, 0.717) is 10.5 Å². The second kappa shape index (κ2) is 5.04. The summed E-state index contributed by atoms with van der Waals surface area (Å²) in [6, 6.07) is 4.83. The lowest BCUT2D eigenvalue weighted by Crippen LogP contribution is -2.21. The average Bonchev–Trinajstić information content (AvgIpc) is 2.18. The summed E-state index contributed by atoms with van der Waals surface area (Å²) >= 11 is 1.31. The zero-order valence-electron chi connectivity index (χ0n) is 8.30. The Labute approximate surface area is 92.1 Å². The van der Waals surface area contributed by atoms with E-state index in [1.54, 1.807) is 18.4 Å². The molecule has 1 atom stereocenters. The molecule has 1 rings (SSSR count). The second-order valence-electron chi connectivity index (χ2n) is 3.03. The van der Waals surface area contributed by atoms with Crippen LogP contribution in [0.1, 0.15) is 11.5 Å². The maximum Gasteiger partial charge on any atom is 0.312 e. The molecule has 0 aliphatic carbocycles. The topological polar surface area (TPSA) is 83.5 Å². The van der Waals surface area contributed by atoms with Crippen LogP contribution in [0.4, 0.5) is 0 Å². The van der Waals surface area contributed by atoms with Crippen LogP contribution in [-0.2, 0) is 4.79 Å². The molecular formula is C10H13NO3S. The Morgan fingerprint density at radius 1 is 1.60 bits per heavy atom. The van der Waals surface area contributed by atoms with Gasteiger partial charge in [0.05, 0.1) is 10.8 Å². The van der Waals surface area contributed by atoms with E-state index in [4.69, 9.17) is 10.8 Å². The van der Waals surface area contributed by atoms with Crippen LogP contribution in [0.25, 0.3) is 0 Å². The van der Waals surface area contributed by atoms with Crippen LogP contribution < -0.4 is 5.73 Å². The molecule has 0 heterocycles. The first-order valence-electron chi connectivity index (χ1n) is 4.40. The van der Waals surface area contributed by atoms with Gasteiger partial charge in [0.1, 0.15) is 5.75 Å². The third kappa shape index (κ3) is 2.43. The van der Waals surface area contributed by atoms with E-state index >= 15 is 0 Å². The highest BCUT2D eigenvalue weighted by Crippen LogP contribution is 2.34. The Kier molecular flexibility index (Phi) is 3.99. The molecule has 0 spiro atoms. The summed E-state index contributed by atoms with van der Waals surface area (Å²) < 4.78 is 0. The minimum atomic E-state index is -0.974. The number of carbonyl (C=O) groups is 1. The summed E-state index contributed by atoms with van der Waals surface area (Å²) in [6.45, 7) is 0.0202. The van der Waals surface area contributed by atoms with Crippen molar-refractivity contribution >= 4 is 17.7 Å². The Morgan fingerprint density at radius 2 is 2.27 bits per heavy atom. The Balaban J connectivity index is 3.22. The third-order valence-corrected chi connectivity index (χ3v) is 2.99. The molecule has 0 radical (unpaired) electrons. The van der Waals surface area contributed by atoms with Crippen molar-refractivity contribution in [3.63, 3.8) is 0 Å². The highest BCUT2D eigenvalue weighted by Gasteiger charge is 2.22. The Bertz CT molecular complexity index is 368. The monoisotopic (exact) mass is 227 g/mol. The van der Waals surface area contributed by atoms with Gasteiger partial charge in [0.2, 0.25) is 0 Å². The molecule has 15 heavy (non-hydrogen) atoms. The van der Waals surface area contributed by atoms with Crippen molar-refractivity contribution in [1.29, 1.82) is 0 Å². The smallest absolute Gasteiger partial charge is 0.312 e. The average molecular weight is 227 g/mol. The minimum absolute atomic E-state index is 0.0202. The molecule has 82 valence electrons. The summed E-state index contributed by atoms with van der Waals surface area (Å²) in [7, 11) is 0. The third-order valence-electron chi connectivity index (χ3n) is 2.14. The van der Waals surface area contributed by atoms with Crippen LogP contribution in [0.2, 0.25) is 0 Å². The maximum atomic E-state index is 10.9. The van der Waals surface area contributed by atoms with E-state index in [9.17, 15) is 9.90 Å². The summed E-state index contributed by atoms with van der Waals surface area (Å²) in [4.78, 5) is 11.5. The number of hydrogen-bond acceptors (Lipinski definition) is 4. The first-order chi connectivity index (χ1) is 7.11. The molecule has 1 aromatic carbocycles. The molecule has 0 aliphatic rings. The molecule has 0 saturated carbocycles. The number of carboxylic acid groups (broad SMARTS) is 1. The fraction of sp³-hybridized carbons (Fsp3) is 0.300. The van der Waals surface area contributed by atoms with Gasteiger partial charge in [-0.2, -0.15) is 0 Å². The van der Waals surface area contributed by atoms with Crippen LogP contribution in [0.15, 0.2) is 23.1 Å². The van der Waals surface area contributed by atoms with Gasteiger partial charge >= 0.3 is 5.97 Å². The summed E-state index contributed by atoms with van der Waals surface area (Å²) in [6.07, 6.45) is 1.79. The van der Waals surface area contributed by atoms with Crippen LogP contribution in [0.3, 0.4) is 0 Å². The number of phenolic OH excluding ortho intramolecular Hbond substituents is 1. The lowest BCUT2D eigenvalue weighted by atomic mass is 9.99. The van der Waals surface area contributed by atoms with Gasteiger partial charge in [0.25, 0.3) is 0 Å². The van der Waals surface area contributed by atoms with Gasteiger partial charge < -0.3 is 15.9 Å². The number of carboxylic acids is 1. The predicted octanol–water partition coefficient (Wildman–Crippen LogP) is 1.24. The molecule has 0 fully saturated rings. The molecule has 1 unspecified atom stereocenters. The SMILES string of the molecule is CSc1c(O)cccc1C(CN)C(=O)O. The van der Waals surface area contributed by atoms with E-state index < -0.39 is 11.9 Å². The van der Waals surface area contributed by atoms with E-state index in [0.717, 1.165) is 0 Å². The molecule has 4 nitrogen and oxygen atoms in total.